The maximum Gasteiger partial charge on any atom is 0.315 e. The van der Waals surface area contributed by atoms with Crippen LogP contribution in [0.5, 0.6) is 0 Å². The highest BCUT2D eigenvalue weighted by atomic mass is 35.5. The highest BCUT2D eigenvalue weighted by molar-refractivity contribution is 5.85. The van der Waals surface area contributed by atoms with Gasteiger partial charge in [-0.05, 0) is 25.3 Å². The second-order valence-electron chi connectivity index (χ2n) is 6.10. The Morgan fingerprint density at radius 2 is 1.96 bits per heavy atom. The lowest BCUT2D eigenvalue weighted by Crippen LogP contribution is -2.48. The number of hydrogen-bond donors (Lipinski definition) is 3. The zero-order valence-corrected chi connectivity index (χ0v) is 15.1. The van der Waals surface area contributed by atoms with Crippen molar-refractivity contribution in [3.63, 3.8) is 0 Å². The molecule has 0 spiro atoms. The van der Waals surface area contributed by atoms with Crippen LogP contribution < -0.4 is 16.4 Å². The number of hydrogen-bond acceptors (Lipinski definition) is 5. The summed E-state index contributed by atoms with van der Waals surface area (Å²) in [5.41, 5.74) is 6.97. The van der Waals surface area contributed by atoms with E-state index >= 15 is 0 Å². The first-order valence-corrected chi connectivity index (χ1v) is 8.36. The quantitative estimate of drug-likeness (QED) is 0.755. The standard InChI is InChI=1S/C17H23N5O2.ClH/c1-2-19-16(23)21-17(9-3-4-10-17)15-20-14(22-24-15)13-7-5-12(11-18)6-8-13;/h5-8H,2-4,9-11,18H2,1H3,(H2,19,21,23);1H. The van der Waals surface area contributed by atoms with E-state index in [4.69, 9.17) is 10.3 Å². The van der Waals surface area contributed by atoms with E-state index in [-0.39, 0.29) is 18.4 Å². The van der Waals surface area contributed by atoms with Crippen molar-refractivity contribution in [2.24, 2.45) is 5.73 Å². The van der Waals surface area contributed by atoms with E-state index in [0.29, 0.717) is 24.8 Å². The molecule has 0 radical (unpaired) electrons. The predicted molar refractivity (Wildman–Crippen MR) is 97.2 cm³/mol. The first kappa shape index (κ1) is 19.2. The van der Waals surface area contributed by atoms with Crippen molar-refractivity contribution in [1.82, 2.24) is 20.8 Å². The molecular formula is C17H24ClN5O2. The topological polar surface area (TPSA) is 106 Å². The Morgan fingerprint density at radius 1 is 1.28 bits per heavy atom. The monoisotopic (exact) mass is 365 g/mol. The van der Waals surface area contributed by atoms with Crippen LogP contribution in [-0.2, 0) is 12.1 Å². The largest absolute Gasteiger partial charge is 0.338 e. The number of halogens is 1. The Morgan fingerprint density at radius 3 is 2.56 bits per heavy atom. The molecule has 1 fully saturated rings. The molecule has 0 aliphatic heterocycles. The fourth-order valence-electron chi connectivity index (χ4n) is 3.12. The molecule has 136 valence electrons. The molecule has 4 N–H and O–H groups in total. The van der Waals surface area contributed by atoms with Gasteiger partial charge in [0.05, 0.1) is 0 Å². The normalized spacial score (nSPS) is 15.4. The van der Waals surface area contributed by atoms with E-state index < -0.39 is 5.54 Å². The summed E-state index contributed by atoms with van der Waals surface area (Å²) >= 11 is 0. The first-order chi connectivity index (χ1) is 11.7. The number of nitrogens with two attached hydrogens (primary N) is 1. The van der Waals surface area contributed by atoms with Gasteiger partial charge in [0.15, 0.2) is 0 Å². The molecule has 7 nitrogen and oxygen atoms in total. The maximum absolute atomic E-state index is 12.0. The van der Waals surface area contributed by atoms with Gasteiger partial charge >= 0.3 is 6.03 Å². The van der Waals surface area contributed by atoms with Crippen molar-refractivity contribution in [2.75, 3.05) is 6.54 Å². The zero-order valence-electron chi connectivity index (χ0n) is 14.2. The summed E-state index contributed by atoms with van der Waals surface area (Å²) in [6, 6.07) is 7.55. The number of carbonyl (C=O) groups is 1. The van der Waals surface area contributed by atoms with Gasteiger partial charge in [-0.25, -0.2) is 4.79 Å². The number of amides is 2. The lowest BCUT2D eigenvalue weighted by Gasteiger charge is -2.26. The molecule has 0 bridgehead atoms. The highest BCUT2D eigenvalue weighted by Gasteiger charge is 2.42. The van der Waals surface area contributed by atoms with Gasteiger partial charge in [0.25, 0.3) is 5.89 Å². The Labute approximate surface area is 153 Å². The van der Waals surface area contributed by atoms with Crippen LogP contribution in [0.3, 0.4) is 0 Å². The van der Waals surface area contributed by atoms with Gasteiger partial charge in [-0.1, -0.05) is 42.3 Å². The van der Waals surface area contributed by atoms with Crippen LogP contribution in [0.25, 0.3) is 11.4 Å². The van der Waals surface area contributed by atoms with Crippen molar-refractivity contribution in [1.29, 1.82) is 0 Å². The van der Waals surface area contributed by atoms with Crippen LogP contribution in [0.2, 0.25) is 0 Å². The molecule has 0 atom stereocenters. The van der Waals surface area contributed by atoms with E-state index in [1.807, 2.05) is 31.2 Å². The van der Waals surface area contributed by atoms with Gasteiger partial charge in [0, 0.05) is 18.7 Å². The van der Waals surface area contributed by atoms with Crippen molar-refractivity contribution < 1.29 is 9.32 Å². The molecule has 0 unspecified atom stereocenters. The molecule has 3 rings (SSSR count). The molecule has 2 aromatic rings. The minimum absolute atomic E-state index is 0. The number of nitrogens with zero attached hydrogens (tertiary/aromatic N) is 2. The van der Waals surface area contributed by atoms with Gasteiger partial charge in [-0.3, -0.25) is 0 Å². The lowest BCUT2D eigenvalue weighted by atomic mass is 9.97. The number of rotatable bonds is 5. The summed E-state index contributed by atoms with van der Waals surface area (Å²) in [6.45, 7) is 2.96. The smallest absolute Gasteiger partial charge is 0.315 e. The van der Waals surface area contributed by atoms with Crippen molar-refractivity contribution in [3.8, 4) is 11.4 Å². The minimum atomic E-state index is -0.568. The van der Waals surface area contributed by atoms with Gasteiger partial charge in [-0.2, -0.15) is 4.98 Å². The Bertz CT molecular complexity index is 695. The van der Waals surface area contributed by atoms with Gasteiger partial charge in [-0.15, -0.1) is 12.4 Å². The van der Waals surface area contributed by atoms with Gasteiger partial charge in [0.2, 0.25) is 5.82 Å². The fraction of sp³-hybridized carbons (Fsp3) is 0.471. The summed E-state index contributed by atoms with van der Waals surface area (Å²) in [6.07, 6.45) is 3.65. The van der Waals surface area contributed by atoms with Crippen LogP contribution in [0, 0.1) is 0 Å². The van der Waals surface area contributed by atoms with Gasteiger partial charge < -0.3 is 20.9 Å². The molecule has 1 aliphatic rings. The minimum Gasteiger partial charge on any atom is -0.338 e. The fourth-order valence-corrected chi connectivity index (χ4v) is 3.12. The summed E-state index contributed by atoms with van der Waals surface area (Å²) < 4.78 is 5.51. The molecule has 1 heterocycles. The van der Waals surface area contributed by atoms with E-state index in [1.54, 1.807) is 0 Å². The van der Waals surface area contributed by atoms with Crippen LogP contribution in [0.4, 0.5) is 4.79 Å². The third kappa shape index (κ3) is 4.11. The average molecular weight is 366 g/mol. The summed E-state index contributed by atoms with van der Waals surface area (Å²) in [7, 11) is 0. The van der Waals surface area contributed by atoms with E-state index in [2.05, 4.69) is 20.8 Å². The lowest BCUT2D eigenvalue weighted by molar-refractivity contribution is 0.205. The summed E-state index contributed by atoms with van der Waals surface area (Å²) in [5, 5.41) is 9.89. The maximum atomic E-state index is 12.0. The number of carbonyl (C=O) groups excluding carboxylic acids is 1. The molecule has 25 heavy (non-hydrogen) atoms. The molecule has 1 aromatic heterocycles. The van der Waals surface area contributed by atoms with Crippen LogP contribution in [0.15, 0.2) is 28.8 Å². The zero-order chi connectivity index (χ0) is 17.0. The Balaban J connectivity index is 0.00000225. The highest BCUT2D eigenvalue weighted by Crippen LogP contribution is 2.38. The van der Waals surface area contributed by atoms with Crippen LogP contribution >= 0.6 is 12.4 Å². The third-order valence-corrected chi connectivity index (χ3v) is 4.43. The van der Waals surface area contributed by atoms with Crippen LogP contribution in [-0.4, -0.2) is 22.7 Å². The number of benzene rings is 1. The summed E-state index contributed by atoms with van der Waals surface area (Å²) in [4.78, 5) is 16.6. The number of aromatic nitrogens is 2. The molecule has 1 aliphatic carbocycles. The molecule has 0 saturated heterocycles. The number of nitrogens with one attached hydrogen (secondary N) is 2. The molecule has 2 amide bonds. The van der Waals surface area contributed by atoms with Crippen LogP contribution in [0.1, 0.15) is 44.1 Å². The number of urea groups is 1. The molecule has 8 heteroatoms. The third-order valence-electron chi connectivity index (χ3n) is 4.43. The molecule has 1 saturated carbocycles. The van der Waals surface area contributed by atoms with E-state index in [0.717, 1.165) is 36.8 Å². The van der Waals surface area contributed by atoms with Crippen molar-refractivity contribution in [3.05, 3.63) is 35.7 Å². The Hall–Kier alpha value is -2.12. The van der Waals surface area contributed by atoms with E-state index in [9.17, 15) is 4.79 Å². The Kier molecular flexibility index (Phi) is 6.39. The van der Waals surface area contributed by atoms with Crippen molar-refractivity contribution in [2.45, 2.75) is 44.7 Å². The van der Waals surface area contributed by atoms with E-state index in [1.165, 1.54) is 0 Å². The second kappa shape index (κ2) is 8.31. The molecule has 1 aromatic carbocycles. The average Bonchev–Trinajstić information content (AvgIpc) is 3.25. The first-order valence-electron chi connectivity index (χ1n) is 8.36. The SMILES string of the molecule is CCNC(=O)NC1(c2nc(-c3ccc(CN)cc3)no2)CCCC1.Cl. The van der Waals surface area contributed by atoms with Gasteiger partial charge in [0.1, 0.15) is 5.54 Å². The predicted octanol–water partition coefficient (Wildman–Crippen LogP) is 2.71. The van der Waals surface area contributed by atoms with Crippen molar-refractivity contribution >= 4 is 18.4 Å². The summed E-state index contributed by atoms with van der Waals surface area (Å²) in [5.74, 6) is 1.00. The molecular weight excluding hydrogens is 342 g/mol. The second-order valence-corrected chi connectivity index (χ2v) is 6.10.